The summed E-state index contributed by atoms with van der Waals surface area (Å²) in [5.74, 6) is -1.54. The first-order chi connectivity index (χ1) is 13.5. The average Bonchev–Trinajstić information content (AvgIpc) is 3.24. The Morgan fingerprint density at radius 3 is 2.32 bits per heavy atom. The van der Waals surface area contributed by atoms with Crippen molar-refractivity contribution in [3.63, 3.8) is 0 Å². The van der Waals surface area contributed by atoms with E-state index in [0.29, 0.717) is 30.8 Å². The fourth-order valence-electron chi connectivity index (χ4n) is 3.11. The predicted molar refractivity (Wildman–Crippen MR) is 105 cm³/mol. The molecular weight excluding hydrogens is 358 g/mol. The molecule has 1 saturated heterocycles. The van der Waals surface area contributed by atoms with Crippen molar-refractivity contribution in [2.24, 2.45) is 0 Å². The van der Waals surface area contributed by atoms with Crippen molar-refractivity contribution < 1.29 is 19.5 Å². The molecule has 1 fully saturated rings. The van der Waals surface area contributed by atoms with Crippen LogP contribution in [0.25, 0.3) is 0 Å². The van der Waals surface area contributed by atoms with Crippen molar-refractivity contribution in [3.8, 4) is 5.75 Å². The number of para-hydroxylation sites is 1. The van der Waals surface area contributed by atoms with Crippen LogP contribution < -0.4 is 10.6 Å². The van der Waals surface area contributed by atoms with Crippen molar-refractivity contribution in [3.05, 3.63) is 59.7 Å². The molecule has 2 aromatic rings. The van der Waals surface area contributed by atoms with Crippen molar-refractivity contribution in [2.75, 3.05) is 25.0 Å². The fraction of sp³-hybridized carbons (Fsp3) is 0.286. The topological polar surface area (TPSA) is 98.7 Å². The summed E-state index contributed by atoms with van der Waals surface area (Å²) in [7, 11) is 0. The normalized spacial score (nSPS) is 13.2. The highest BCUT2D eigenvalue weighted by Gasteiger charge is 2.23. The van der Waals surface area contributed by atoms with Gasteiger partial charge >= 0.3 is 11.8 Å². The molecule has 3 amide bonds. The van der Waals surface area contributed by atoms with E-state index in [1.807, 2.05) is 0 Å². The molecule has 1 aliphatic heterocycles. The number of aromatic hydroxyl groups is 1. The molecule has 0 aliphatic carbocycles. The van der Waals surface area contributed by atoms with Crippen LogP contribution in [0, 0.1) is 0 Å². The number of carbonyl (C=O) groups is 3. The van der Waals surface area contributed by atoms with Gasteiger partial charge in [-0.3, -0.25) is 14.4 Å². The van der Waals surface area contributed by atoms with Gasteiger partial charge in [-0.1, -0.05) is 24.3 Å². The number of rotatable bonds is 5. The first kappa shape index (κ1) is 19.4. The molecule has 3 N–H and O–H groups in total. The first-order valence-electron chi connectivity index (χ1n) is 9.30. The minimum Gasteiger partial charge on any atom is -0.508 e. The molecule has 146 valence electrons. The Morgan fingerprint density at radius 2 is 1.61 bits per heavy atom. The number of hydrogen-bond acceptors (Lipinski definition) is 4. The highest BCUT2D eigenvalue weighted by molar-refractivity contribution is 6.40. The predicted octanol–water partition coefficient (Wildman–Crippen LogP) is 1.93. The van der Waals surface area contributed by atoms with E-state index in [9.17, 15) is 19.5 Å². The number of likely N-dealkylation sites (tertiary alicyclic amines) is 1. The molecule has 0 radical (unpaired) electrons. The lowest BCUT2D eigenvalue weighted by Gasteiger charge is -2.17. The van der Waals surface area contributed by atoms with Crippen LogP contribution in [0.2, 0.25) is 0 Å². The number of phenols is 1. The summed E-state index contributed by atoms with van der Waals surface area (Å²) >= 11 is 0. The summed E-state index contributed by atoms with van der Waals surface area (Å²) in [5.41, 5.74) is 1.65. The number of nitrogens with one attached hydrogen (secondary N) is 2. The van der Waals surface area contributed by atoms with E-state index in [0.717, 1.165) is 18.4 Å². The number of carbonyl (C=O) groups excluding carboxylic acids is 3. The lowest BCUT2D eigenvalue weighted by Crippen LogP contribution is -2.37. The van der Waals surface area contributed by atoms with Crippen molar-refractivity contribution in [1.29, 1.82) is 0 Å². The lowest BCUT2D eigenvalue weighted by molar-refractivity contribution is -0.136. The monoisotopic (exact) mass is 381 g/mol. The Balaban J connectivity index is 1.55. The molecule has 0 saturated carbocycles. The number of nitrogens with zero attached hydrogens (tertiary/aromatic N) is 1. The smallest absolute Gasteiger partial charge is 0.313 e. The second kappa shape index (κ2) is 9.03. The van der Waals surface area contributed by atoms with Gasteiger partial charge in [0.25, 0.3) is 5.91 Å². The Hall–Kier alpha value is -3.35. The van der Waals surface area contributed by atoms with Gasteiger partial charge in [-0.2, -0.15) is 0 Å². The van der Waals surface area contributed by atoms with E-state index >= 15 is 0 Å². The van der Waals surface area contributed by atoms with Crippen LogP contribution in [-0.2, 0) is 16.0 Å². The second-order valence-electron chi connectivity index (χ2n) is 6.67. The van der Waals surface area contributed by atoms with E-state index in [4.69, 9.17) is 0 Å². The number of phenolic OH excluding ortho intramolecular Hbond substituents is 1. The van der Waals surface area contributed by atoms with Crippen molar-refractivity contribution in [2.45, 2.75) is 19.3 Å². The molecule has 3 rings (SSSR count). The molecule has 0 atom stereocenters. The molecule has 28 heavy (non-hydrogen) atoms. The Morgan fingerprint density at radius 1 is 0.929 bits per heavy atom. The third kappa shape index (κ3) is 4.88. The van der Waals surface area contributed by atoms with Crippen LogP contribution >= 0.6 is 0 Å². The van der Waals surface area contributed by atoms with Crippen LogP contribution in [-0.4, -0.2) is 47.4 Å². The minimum absolute atomic E-state index is 0.138. The Bertz CT molecular complexity index is 858. The fourth-order valence-corrected chi connectivity index (χ4v) is 3.11. The maximum Gasteiger partial charge on any atom is 0.313 e. The summed E-state index contributed by atoms with van der Waals surface area (Å²) in [5, 5.41) is 14.4. The number of benzene rings is 2. The molecule has 1 heterocycles. The minimum atomic E-state index is -0.813. The van der Waals surface area contributed by atoms with E-state index in [2.05, 4.69) is 10.6 Å². The van der Waals surface area contributed by atoms with Crippen LogP contribution in [0.4, 0.5) is 5.69 Å². The van der Waals surface area contributed by atoms with Gasteiger partial charge in [0, 0.05) is 19.6 Å². The SMILES string of the molecule is O=C(NCCc1ccc(O)cc1)C(=O)Nc1ccccc1C(=O)N1CCCC1. The van der Waals surface area contributed by atoms with Crippen molar-refractivity contribution in [1.82, 2.24) is 10.2 Å². The molecule has 1 aliphatic rings. The van der Waals surface area contributed by atoms with Crippen LogP contribution in [0.5, 0.6) is 5.75 Å². The zero-order valence-electron chi connectivity index (χ0n) is 15.5. The molecule has 0 spiro atoms. The van der Waals surface area contributed by atoms with Gasteiger partial charge in [-0.05, 0) is 49.1 Å². The standard InChI is InChI=1S/C21H23N3O4/c25-16-9-7-15(8-10-16)11-12-22-19(26)20(27)23-18-6-2-1-5-17(18)21(28)24-13-3-4-14-24/h1-2,5-10,25H,3-4,11-14H2,(H,22,26)(H,23,27). The first-order valence-corrected chi connectivity index (χ1v) is 9.30. The number of amides is 3. The maximum absolute atomic E-state index is 12.6. The zero-order valence-corrected chi connectivity index (χ0v) is 15.5. The third-order valence-corrected chi connectivity index (χ3v) is 4.64. The van der Waals surface area contributed by atoms with E-state index < -0.39 is 11.8 Å². The van der Waals surface area contributed by atoms with Gasteiger partial charge < -0.3 is 20.6 Å². The van der Waals surface area contributed by atoms with E-state index in [1.54, 1.807) is 53.4 Å². The van der Waals surface area contributed by atoms with Gasteiger partial charge in [-0.15, -0.1) is 0 Å². The van der Waals surface area contributed by atoms with Gasteiger partial charge in [0.1, 0.15) is 5.75 Å². The largest absolute Gasteiger partial charge is 0.508 e. The summed E-state index contributed by atoms with van der Waals surface area (Å²) in [6, 6.07) is 13.3. The molecular formula is C21H23N3O4. The highest BCUT2D eigenvalue weighted by Crippen LogP contribution is 2.20. The summed E-state index contributed by atoms with van der Waals surface area (Å²) < 4.78 is 0. The summed E-state index contributed by atoms with van der Waals surface area (Å²) in [4.78, 5) is 38.7. The Kier molecular flexibility index (Phi) is 6.26. The number of hydrogen-bond donors (Lipinski definition) is 3. The van der Waals surface area contributed by atoms with Gasteiger partial charge in [0.15, 0.2) is 0 Å². The third-order valence-electron chi connectivity index (χ3n) is 4.64. The Labute approximate surface area is 163 Å². The summed E-state index contributed by atoms with van der Waals surface area (Å²) in [6.45, 7) is 1.70. The van der Waals surface area contributed by atoms with E-state index in [-0.39, 0.29) is 18.2 Å². The van der Waals surface area contributed by atoms with Gasteiger partial charge in [0.05, 0.1) is 11.3 Å². The van der Waals surface area contributed by atoms with Crippen LogP contribution in [0.15, 0.2) is 48.5 Å². The summed E-state index contributed by atoms with van der Waals surface area (Å²) in [6.07, 6.45) is 2.48. The average molecular weight is 381 g/mol. The zero-order chi connectivity index (χ0) is 19.9. The van der Waals surface area contributed by atoms with Crippen LogP contribution in [0.1, 0.15) is 28.8 Å². The number of anilines is 1. The lowest BCUT2D eigenvalue weighted by atomic mass is 10.1. The van der Waals surface area contributed by atoms with Crippen molar-refractivity contribution >= 4 is 23.4 Å². The molecule has 0 aromatic heterocycles. The molecule has 0 unspecified atom stereocenters. The van der Waals surface area contributed by atoms with E-state index in [1.165, 1.54) is 0 Å². The molecule has 7 heteroatoms. The van der Waals surface area contributed by atoms with Gasteiger partial charge in [0.2, 0.25) is 0 Å². The molecule has 7 nitrogen and oxygen atoms in total. The van der Waals surface area contributed by atoms with Gasteiger partial charge in [-0.25, -0.2) is 0 Å². The molecule has 2 aromatic carbocycles. The highest BCUT2D eigenvalue weighted by atomic mass is 16.3. The molecule has 0 bridgehead atoms. The second-order valence-corrected chi connectivity index (χ2v) is 6.67. The maximum atomic E-state index is 12.6. The quantitative estimate of drug-likeness (QED) is 0.689. The van der Waals surface area contributed by atoms with Crippen LogP contribution in [0.3, 0.4) is 0 Å².